The van der Waals surface area contributed by atoms with Crippen molar-refractivity contribution >= 4 is 32.2 Å². The lowest BCUT2D eigenvalue weighted by atomic mass is 10.2. The smallest absolute Gasteiger partial charge is 0.237 e. The van der Waals surface area contributed by atoms with Gasteiger partial charge in [-0.05, 0) is 23.8 Å². The lowest BCUT2D eigenvalue weighted by Crippen LogP contribution is -2.12. The molecule has 0 radical (unpaired) electrons. The molecule has 5 nitrogen and oxygen atoms in total. The molecule has 0 unspecified atom stereocenters. The molecule has 0 aliphatic carbocycles. The lowest BCUT2D eigenvalue weighted by Gasteiger charge is -2.07. The molecule has 2 aromatic heterocycles. The number of fused-ring (bicyclic) bond motifs is 2. The van der Waals surface area contributed by atoms with Crippen molar-refractivity contribution in [3.8, 4) is 11.3 Å². The van der Waals surface area contributed by atoms with E-state index in [9.17, 15) is 8.42 Å². The molecule has 4 aromatic rings. The lowest BCUT2D eigenvalue weighted by molar-refractivity contribution is 0.595. The molecule has 0 aliphatic heterocycles. The Kier molecular flexibility index (Phi) is 2.96. The molecule has 0 aliphatic rings. The molecule has 0 saturated carbocycles. The fourth-order valence-corrected chi connectivity index (χ4v) is 3.66. The number of aromatic nitrogens is 3. The van der Waals surface area contributed by atoms with E-state index in [1.165, 1.54) is 10.2 Å². The first-order valence-electron chi connectivity index (χ1n) is 7.08. The highest BCUT2D eigenvalue weighted by atomic mass is 32.2. The van der Waals surface area contributed by atoms with Crippen LogP contribution in [0.3, 0.4) is 0 Å². The standard InChI is InChI=1S/C17H13N3O2S/c1-23(21,22)20-16(12-7-3-2-4-8-12)11-15-17(20)19-14-10-6-5-9-13(14)18-15/h2-11H,1H3. The summed E-state index contributed by atoms with van der Waals surface area (Å²) in [6, 6.07) is 18.6. The van der Waals surface area contributed by atoms with Crippen LogP contribution in [-0.4, -0.2) is 28.6 Å². The van der Waals surface area contributed by atoms with Crippen molar-refractivity contribution in [3.05, 3.63) is 60.7 Å². The highest BCUT2D eigenvalue weighted by Gasteiger charge is 2.20. The van der Waals surface area contributed by atoms with Crippen LogP contribution >= 0.6 is 0 Å². The van der Waals surface area contributed by atoms with Gasteiger partial charge in [0.1, 0.15) is 5.52 Å². The Morgan fingerprint density at radius 1 is 0.826 bits per heavy atom. The van der Waals surface area contributed by atoms with Gasteiger partial charge in [-0.3, -0.25) is 0 Å². The summed E-state index contributed by atoms with van der Waals surface area (Å²) in [6.07, 6.45) is 1.18. The molecule has 0 bridgehead atoms. The van der Waals surface area contributed by atoms with E-state index >= 15 is 0 Å². The summed E-state index contributed by atoms with van der Waals surface area (Å²) in [7, 11) is -3.52. The van der Waals surface area contributed by atoms with Crippen LogP contribution in [0.5, 0.6) is 0 Å². The summed E-state index contributed by atoms with van der Waals surface area (Å²) in [5.41, 5.74) is 3.70. The summed E-state index contributed by atoms with van der Waals surface area (Å²) >= 11 is 0. The first-order valence-corrected chi connectivity index (χ1v) is 8.93. The van der Waals surface area contributed by atoms with Gasteiger partial charge in [-0.2, -0.15) is 0 Å². The predicted octanol–water partition coefficient (Wildman–Crippen LogP) is 3.06. The summed E-state index contributed by atoms with van der Waals surface area (Å²) in [5.74, 6) is 0. The molecule has 0 N–H and O–H groups in total. The zero-order valence-corrected chi connectivity index (χ0v) is 13.2. The zero-order chi connectivity index (χ0) is 16.0. The number of rotatable bonds is 2. The summed E-state index contributed by atoms with van der Waals surface area (Å²) in [5, 5.41) is 0. The minimum Gasteiger partial charge on any atom is -0.243 e. The van der Waals surface area contributed by atoms with Crippen molar-refractivity contribution in [1.82, 2.24) is 13.9 Å². The molecular formula is C17H13N3O2S. The first-order chi connectivity index (χ1) is 11.0. The van der Waals surface area contributed by atoms with E-state index in [2.05, 4.69) is 9.97 Å². The van der Waals surface area contributed by atoms with E-state index in [0.717, 1.165) is 11.1 Å². The molecule has 0 amide bonds. The van der Waals surface area contributed by atoms with Gasteiger partial charge in [0.25, 0.3) is 0 Å². The highest BCUT2D eigenvalue weighted by Crippen LogP contribution is 2.28. The number of hydrogen-bond acceptors (Lipinski definition) is 4. The Balaban J connectivity index is 2.16. The second kappa shape index (κ2) is 4.89. The maximum absolute atomic E-state index is 12.3. The maximum Gasteiger partial charge on any atom is 0.237 e. The van der Waals surface area contributed by atoms with Crippen LogP contribution in [0, 0.1) is 0 Å². The van der Waals surface area contributed by atoms with Crippen molar-refractivity contribution in [2.24, 2.45) is 0 Å². The molecule has 2 heterocycles. The molecule has 0 saturated heterocycles. The van der Waals surface area contributed by atoms with Crippen LogP contribution < -0.4 is 0 Å². The summed E-state index contributed by atoms with van der Waals surface area (Å²) in [4.78, 5) is 9.06. The summed E-state index contributed by atoms with van der Waals surface area (Å²) < 4.78 is 25.9. The largest absolute Gasteiger partial charge is 0.243 e. The van der Waals surface area contributed by atoms with E-state index in [1.807, 2.05) is 54.6 Å². The predicted molar refractivity (Wildman–Crippen MR) is 90.7 cm³/mol. The fourth-order valence-electron chi connectivity index (χ4n) is 2.70. The van der Waals surface area contributed by atoms with E-state index in [-0.39, 0.29) is 0 Å². The molecule has 0 spiro atoms. The number of hydrogen-bond donors (Lipinski definition) is 0. The van der Waals surface area contributed by atoms with Gasteiger partial charge in [-0.15, -0.1) is 0 Å². The van der Waals surface area contributed by atoms with Gasteiger partial charge in [0, 0.05) is 0 Å². The van der Waals surface area contributed by atoms with Gasteiger partial charge in [-0.1, -0.05) is 42.5 Å². The molecule has 23 heavy (non-hydrogen) atoms. The molecule has 0 atom stereocenters. The third-order valence-electron chi connectivity index (χ3n) is 3.66. The van der Waals surface area contributed by atoms with E-state index in [1.54, 1.807) is 6.07 Å². The van der Waals surface area contributed by atoms with Crippen LogP contribution in [0.25, 0.3) is 33.5 Å². The molecule has 114 valence electrons. The Bertz CT molecular complexity index is 1130. The quantitative estimate of drug-likeness (QED) is 0.569. The van der Waals surface area contributed by atoms with Crippen molar-refractivity contribution in [2.45, 2.75) is 0 Å². The van der Waals surface area contributed by atoms with Gasteiger partial charge in [0.2, 0.25) is 10.0 Å². The molecule has 0 fully saturated rings. The monoisotopic (exact) mass is 323 g/mol. The minimum absolute atomic E-state index is 0.352. The van der Waals surface area contributed by atoms with E-state index in [0.29, 0.717) is 22.4 Å². The van der Waals surface area contributed by atoms with E-state index < -0.39 is 10.0 Å². The SMILES string of the molecule is CS(=O)(=O)n1c(-c2ccccc2)cc2nc3ccccc3nc21. The number of nitrogens with zero attached hydrogens (tertiary/aromatic N) is 3. The van der Waals surface area contributed by atoms with Crippen LogP contribution in [0.15, 0.2) is 60.7 Å². The van der Waals surface area contributed by atoms with Crippen molar-refractivity contribution in [1.29, 1.82) is 0 Å². The van der Waals surface area contributed by atoms with E-state index in [4.69, 9.17) is 0 Å². The topological polar surface area (TPSA) is 64.8 Å². The summed E-state index contributed by atoms with van der Waals surface area (Å²) in [6.45, 7) is 0. The highest BCUT2D eigenvalue weighted by molar-refractivity contribution is 7.89. The molecule has 6 heteroatoms. The third kappa shape index (κ3) is 2.27. The average Bonchev–Trinajstić information content (AvgIpc) is 2.92. The van der Waals surface area contributed by atoms with Gasteiger partial charge >= 0.3 is 0 Å². The average molecular weight is 323 g/mol. The van der Waals surface area contributed by atoms with Crippen LogP contribution in [0.1, 0.15) is 0 Å². The Labute approximate surface area is 133 Å². The number of benzene rings is 2. The Morgan fingerprint density at radius 2 is 1.43 bits per heavy atom. The van der Waals surface area contributed by atoms with Gasteiger partial charge in [0.15, 0.2) is 5.65 Å². The second-order valence-electron chi connectivity index (χ2n) is 5.34. The molecular weight excluding hydrogens is 310 g/mol. The fraction of sp³-hybridized carbons (Fsp3) is 0.0588. The molecule has 4 rings (SSSR count). The number of para-hydroxylation sites is 2. The first kappa shape index (κ1) is 13.9. The molecule has 2 aromatic carbocycles. The van der Waals surface area contributed by atoms with Crippen LogP contribution in [-0.2, 0) is 10.0 Å². The zero-order valence-electron chi connectivity index (χ0n) is 12.3. The normalized spacial score (nSPS) is 12.0. The third-order valence-corrected chi connectivity index (χ3v) is 4.70. The second-order valence-corrected chi connectivity index (χ2v) is 7.18. The van der Waals surface area contributed by atoms with Crippen molar-refractivity contribution in [2.75, 3.05) is 6.26 Å². The van der Waals surface area contributed by atoms with Gasteiger partial charge in [0.05, 0.1) is 23.0 Å². The van der Waals surface area contributed by atoms with Gasteiger partial charge in [-0.25, -0.2) is 22.4 Å². The Hall–Kier alpha value is -2.73. The Morgan fingerprint density at radius 3 is 2.09 bits per heavy atom. The maximum atomic E-state index is 12.3. The van der Waals surface area contributed by atoms with Crippen molar-refractivity contribution in [3.63, 3.8) is 0 Å². The van der Waals surface area contributed by atoms with Crippen molar-refractivity contribution < 1.29 is 8.42 Å². The van der Waals surface area contributed by atoms with Gasteiger partial charge < -0.3 is 0 Å². The minimum atomic E-state index is -3.52. The van der Waals surface area contributed by atoms with Crippen LogP contribution in [0.4, 0.5) is 0 Å². The van der Waals surface area contributed by atoms with Crippen LogP contribution in [0.2, 0.25) is 0 Å².